The lowest BCUT2D eigenvalue weighted by atomic mass is 9.91. The molecule has 3 aliphatic rings. The van der Waals surface area contributed by atoms with Crippen LogP contribution in [0.15, 0.2) is 42.6 Å². The number of morpholine rings is 1. The normalized spacial score (nSPS) is 22.2. The molecule has 5 heterocycles. The Morgan fingerprint density at radius 3 is 2.62 bits per heavy atom. The van der Waals surface area contributed by atoms with Gasteiger partial charge >= 0.3 is 0 Å². The fourth-order valence-corrected chi connectivity index (χ4v) is 5.73. The van der Waals surface area contributed by atoms with Crippen molar-refractivity contribution in [3.05, 3.63) is 53.7 Å². The van der Waals surface area contributed by atoms with Gasteiger partial charge in [-0.15, -0.1) is 0 Å². The standard InChI is InChI=1S/C30H32N6O6/c1-39-28-24(29(38)36-20-13-22(37)14-21(36)17-41-16-20)3-5-27(34-28)35-30-32-9-6-25(33-30)18-2-4-26(19(12-18)15-31)42-23-7-10-40-11-8-23/h2-6,9,12,20-23,37H,7-8,10-11,13-14,16-17H2,1H3,(H,32,33,34,35). The average molecular weight is 573 g/mol. The van der Waals surface area contributed by atoms with Crippen LogP contribution in [0.4, 0.5) is 11.8 Å². The summed E-state index contributed by atoms with van der Waals surface area (Å²) in [5, 5.41) is 23.0. The molecule has 12 nitrogen and oxygen atoms in total. The maximum atomic E-state index is 13.5. The van der Waals surface area contributed by atoms with Gasteiger partial charge in [-0.3, -0.25) is 4.79 Å². The third kappa shape index (κ3) is 5.85. The van der Waals surface area contributed by atoms with Crippen molar-refractivity contribution in [1.82, 2.24) is 19.9 Å². The zero-order chi connectivity index (χ0) is 29.1. The lowest BCUT2D eigenvalue weighted by molar-refractivity contribution is -0.0872. The van der Waals surface area contributed by atoms with E-state index in [4.69, 9.17) is 18.9 Å². The molecule has 2 atom stereocenters. The van der Waals surface area contributed by atoms with Gasteiger partial charge in [-0.2, -0.15) is 10.2 Å². The summed E-state index contributed by atoms with van der Waals surface area (Å²) in [5.74, 6) is 1.20. The summed E-state index contributed by atoms with van der Waals surface area (Å²) < 4.78 is 22.6. The highest BCUT2D eigenvalue weighted by atomic mass is 16.5. The summed E-state index contributed by atoms with van der Waals surface area (Å²) in [6.45, 7) is 2.09. The molecule has 3 fully saturated rings. The second-order valence-corrected chi connectivity index (χ2v) is 10.6. The minimum Gasteiger partial charge on any atom is -0.489 e. The highest BCUT2D eigenvalue weighted by Crippen LogP contribution is 2.32. The summed E-state index contributed by atoms with van der Waals surface area (Å²) >= 11 is 0. The molecular formula is C30H32N6O6. The van der Waals surface area contributed by atoms with Crippen molar-refractivity contribution in [3.63, 3.8) is 0 Å². The Kier molecular flexibility index (Phi) is 8.14. The van der Waals surface area contributed by atoms with E-state index in [2.05, 4.69) is 26.3 Å². The molecule has 3 saturated heterocycles. The highest BCUT2D eigenvalue weighted by molar-refractivity contribution is 5.97. The number of nitrogens with zero attached hydrogens (tertiary/aromatic N) is 5. The Morgan fingerprint density at radius 1 is 1.10 bits per heavy atom. The van der Waals surface area contributed by atoms with Crippen molar-refractivity contribution < 1.29 is 28.8 Å². The van der Waals surface area contributed by atoms with Crippen LogP contribution in [0.2, 0.25) is 0 Å². The largest absolute Gasteiger partial charge is 0.489 e. The molecule has 3 aliphatic heterocycles. The number of ether oxygens (including phenoxy) is 4. The molecule has 0 saturated carbocycles. The zero-order valence-electron chi connectivity index (χ0n) is 23.2. The van der Waals surface area contributed by atoms with Crippen LogP contribution in [-0.2, 0) is 9.47 Å². The number of rotatable bonds is 7. The number of hydrogen-bond acceptors (Lipinski definition) is 11. The molecule has 0 aliphatic carbocycles. The molecule has 3 aromatic rings. The fraction of sp³-hybridized carbons (Fsp3) is 0.433. The number of benzene rings is 1. The quantitative estimate of drug-likeness (QED) is 0.430. The summed E-state index contributed by atoms with van der Waals surface area (Å²) in [6.07, 6.45) is 3.74. The van der Waals surface area contributed by atoms with E-state index in [0.717, 1.165) is 18.4 Å². The Bertz CT molecular complexity index is 1480. The second-order valence-electron chi connectivity index (χ2n) is 10.6. The first-order valence-electron chi connectivity index (χ1n) is 14.0. The number of pyridine rings is 1. The maximum Gasteiger partial charge on any atom is 0.260 e. The smallest absolute Gasteiger partial charge is 0.260 e. The highest BCUT2D eigenvalue weighted by Gasteiger charge is 2.42. The van der Waals surface area contributed by atoms with E-state index >= 15 is 0 Å². The molecule has 0 radical (unpaired) electrons. The van der Waals surface area contributed by atoms with Gasteiger partial charge in [0.05, 0.1) is 63.0 Å². The van der Waals surface area contributed by atoms with E-state index in [9.17, 15) is 15.2 Å². The van der Waals surface area contributed by atoms with Gasteiger partial charge in [-0.25, -0.2) is 9.97 Å². The first-order valence-corrected chi connectivity index (χ1v) is 14.0. The number of anilines is 2. The number of aliphatic hydroxyl groups is 1. The summed E-state index contributed by atoms with van der Waals surface area (Å²) in [6, 6.07) is 12.3. The number of piperidine rings is 1. The molecule has 1 amide bonds. The van der Waals surface area contributed by atoms with Crippen LogP contribution in [0, 0.1) is 11.3 Å². The van der Waals surface area contributed by atoms with Gasteiger partial charge in [0.1, 0.15) is 29.3 Å². The van der Waals surface area contributed by atoms with Gasteiger partial charge in [0, 0.05) is 24.6 Å². The van der Waals surface area contributed by atoms with Crippen LogP contribution in [0.5, 0.6) is 11.6 Å². The summed E-state index contributed by atoms with van der Waals surface area (Å²) in [7, 11) is 1.46. The van der Waals surface area contributed by atoms with Crippen LogP contribution in [-0.4, -0.2) is 88.7 Å². The number of carbonyl (C=O) groups is 1. The molecule has 12 heteroatoms. The molecule has 218 valence electrons. The average Bonchev–Trinajstić information content (AvgIpc) is 3.01. The summed E-state index contributed by atoms with van der Waals surface area (Å²) in [5.41, 5.74) is 2.11. The minimum atomic E-state index is -0.440. The molecule has 2 N–H and O–H groups in total. The number of aliphatic hydroxyl groups excluding tert-OH is 1. The molecule has 1 aromatic carbocycles. The predicted octanol–water partition coefficient (Wildman–Crippen LogP) is 3.08. The van der Waals surface area contributed by atoms with Gasteiger partial charge in [-0.05, 0) is 49.2 Å². The molecule has 42 heavy (non-hydrogen) atoms. The predicted molar refractivity (Wildman–Crippen MR) is 151 cm³/mol. The van der Waals surface area contributed by atoms with E-state index in [-0.39, 0.29) is 30.0 Å². The number of methoxy groups -OCH3 is 1. The Balaban J connectivity index is 1.19. The van der Waals surface area contributed by atoms with Gasteiger partial charge in [0.15, 0.2) is 0 Å². The molecule has 2 aromatic heterocycles. The lowest BCUT2D eigenvalue weighted by Crippen LogP contribution is -2.60. The van der Waals surface area contributed by atoms with Gasteiger partial charge in [-0.1, -0.05) is 0 Å². The van der Waals surface area contributed by atoms with Crippen LogP contribution < -0.4 is 14.8 Å². The molecular weight excluding hydrogens is 540 g/mol. The third-order valence-corrected chi connectivity index (χ3v) is 7.77. The Morgan fingerprint density at radius 2 is 1.88 bits per heavy atom. The van der Waals surface area contributed by atoms with Gasteiger partial charge < -0.3 is 34.3 Å². The van der Waals surface area contributed by atoms with Gasteiger partial charge in [0.25, 0.3) is 5.91 Å². The van der Waals surface area contributed by atoms with Crippen LogP contribution in [0.1, 0.15) is 41.6 Å². The van der Waals surface area contributed by atoms with E-state index in [1.807, 2.05) is 6.07 Å². The van der Waals surface area contributed by atoms with E-state index in [0.29, 0.717) is 73.6 Å². The number of carbonyl (C=O) groups excluding carboxylic acids is 1. The SMILES string of the molecule is COc1nc(Nc2nccc(-c3ccc(OC4CCOCC4)c(C#N)c3)n2)ccc1C(=O)N1C2COCC1CC(O)C2. The van der Waals surface area contributed by atoms with Crippen LogP contribution in [0.25, 0.3) is 11.3 Å². The van der Waals surface area contributed by atoms with E-state index in [1.165, 1.54) is 7.11 Å². The van der Waals surface area contributed by atoms with Crippen molar-refractivity contribution in [2.75, 3.05) is 38.9 Å². The van der Waals surface area contributed by atoms with Crippen molar-refractivity contribution >= 4 is 17.7 Å². The molecule has 0 spiro atoms. The lowest BCUT2D eigenvalue weighted by Gasteiger charge is -2.47. The third-order valence-electron chi connectivity index (χ3n) is 7.77. The van der Waals surface area contributed by atoms with E-state index < -0.39 is 6.10 Å². The summed E-state index contributed by atoms with van der Waals surface area (Å²) in [4.78, 5) is 28.8. The van der Waals surface area contributed by atoms with Crippen molar-refractivity contribution in [2.24, 2.45) is 0 Å². The van der Waals surface area contributed by atoms with Crippen molar-refractivity contribution in [1.29, 1.82) is 5.26 Å². The Hall–Kier alpha value is -4.31. The maximum absolute atomic E-state index is 13.5. The fourth-order valence-electron chi connectivity index (χ4n) is 5.73. The number of nitrogens with one attached hydrogen (secondary N) is 1. The second kappa shape index (κ2) is 12.3. The zero-order valence-corrected chi connectivity index (χ0v) is 23.2. The molecule has 2 bridgehead atoms. The number of amides is 1. The van der Waals surface area contributed by atoms with E-state index in [1.54, 1.807) is 41.4 Å². The minimum absolute atomic E-state index is 0.0270. The first-order chi connectivity index (χ1) is 20.5. The number of fused-ring (bicyclic) bond motifs is 2. The van der Waals surface area contributed by atoms with Crippen LogP contribution in [0.3, 0.4) is 0 Å². The number of aromatic nitrogens is 3. The monoisotopic (exact) mass is 572 g/mol. The number of hydrogen-bond donors (Lipinski definition) is 2. The molecule has 6 rings (SSSR count). The van der Waals surface area contributed by atoms with Crippen molar-refractivity contribution in [3.8, 4) is 29.0 Å². The molecule has 2 unspecified atom stereocenters. The van der Waals surface area contributed by atoms with Gasteiger partial charge in [0.2, 0.25) is 11.8 Å². The number of nitriles is 1. The van der Waals surface area contributed by atoms with Crippen LogP contribution >= 0.6 is 0 Å². The first kappa shape index (κ1) is 27.8. The van der Waals surface area contributed by atoms with Crippen molar-refractivity contribution in [2.45, 2.75) is 50.0 Å². The topological polar surface area (TPSA) is 152 Å². The Labute approximate surface area is 243 Å².